The number of carbonyl (C=O) groups is 1. The van der Waals surface area contributed by atoms with E-state index in [1.807, 2.05) is 24.3 Å². The quantitative estimate of drug-likeness (QED) is 0.720. The van der Waals surface area contributed by atoms with Crippen molar-refractivity contribution in [1.29, 1.82) is 0 Å². The van der Waals surface area contributed by atoms with Crippen molar-refractivity contribution < 1.29 is 19.4 Å². The Morgan fingerprint density at radius 2 is 1.91 bits per heavy atom. The van der Waals surface area contributed by atoms with Crippen molar-refractivity contribution >= 4 is 6.09 Å². The van der Waals surface area contributed by atoms with Gasteiger partial charge in [0.15, 0.2) is 0 Å². The van der Waals surface area contributed by atoms with Crippen molar-refractivity contribution in [2.45, 2.75) is 58.6 Å². The Morgan fingerprint density at radius 3 is 2.43 bits per heavy atom. The molecule has 1 rings (SSSR count). The van der Waals surface area contributed by atoms with E-state index in [9.17, 15) is 9.90 Å². The summed E-state index contributed by atoms with van der Waals surface area (Å²) in [5, 5.41) is 12.1. The van der Waals surface area contributed by atoms with E-state index in [-0.39, 0.29) is 12.6 Å². The molecule has 1 amide bonds. The van der Waals surface area contributed by atoms with Gasteiger partial charge in [0.2, 0.25) is 0 Å². The maximum Gasteiger partial charge on any atom is 0.407 e. The molecule has 1 unspecified atom stereocenters. The zero-order valence-corrected chi connectivity index (χ0v) is 14.6. The van der Waals surface area contributed by atoms with Gasteiger partial charge in [0.05, 0.1) is 19.3 Å². The maximum atomic E-state index is 11.8. The van der Waals surface area contributed by atoms with Gasteiger partial charge in [0, 0.05) is 0 Å². The molecule has 0 aliphatic rings. The van der Waals surface area contributed by atoms with E-state index >= 15 is 0 Å². The third-order valence-corrected chi connectivity index (χ3v) is 3.11. The second-order valence-corrected chi connectivity index (χ2v) is 6.58. The van der Waals surface area contributed by atoms with Gasteiger partial charge in [-0.1, -0.05) is 25.5 Å². The fourth-order valence-electron chi connectivity index (χ4n) is 1.98. The average molecular weight is 323 g/mol. The third-order valence-electron chi connectivity index (χ3n) is 3.11. The first-order valence-electron chi connectivity index (χ1n) is 8.16. The van der Waals surface area contributed by atoms with Gasteiger partial charge in [-0.15, -0.1) is 0 Å². The van der Waals surface area contributed by atoms with Gasteiger partial charge in [0.25, 0.3) is 0 Å². The number of benzene rings is 1. The van der Waals surface area contributed by atoms with E-state index in [0.29, 0.717) is 6.42 Å². The molecule has 23 heavy (non-hydrogen) atoms. The third kappa shape index (κ3) is 8.45. The van der Waals surface area contributed by atoms with Crippen LogP contribution < -0.4 is 10.1 Å². The monoisotopic (exact) mass is 323 g/mol. The molecule has 130 valence electrons. The number of aliphatic hydroxyl groups excluding tert-OH is 1. The topological polar surface area (TPSA) is 67.8 Å². The number of nitrogens with one attached hydrogen (secondary N) is 1. The van der Waals surface area contributed by atoms with Gasteiger partial charge < -0.3 is 19.9 Å². The Labute approximate surface area is 139 Å². The Kier molecular flexibility index (Phi) is 7.89. The van der Waals surface area contributed by atoms with Gasteiger partial charge in [-0.05, 0) is 51.3 Å². The summed E-state index contributed by atoms with van der Waals surface area (Å²) in [6.45, 7) is 8.11. The van der Waals surface area contributed by atoms with Crippen LogP contribution in [0.25, 0.3) is 0 Å². The predicted molar refractivity (Wildman–Crippen MR) is 90.8 cm³/mol. The number of aliphatic hydroxyl groups is 1. The van der Waals surface area contributed by atoms with Crippen molar-refractivity contribution in [2.24, 2.45) is 0 Å². The van der Waals surface area contributed by atoms with Crippen LogP contribution in [0.3, 0.4) is 0 Å². The number of hydrogen-bond acceptors (Lipinski definition) is 4. The van der Waals surface area contributed by atoms with E-state index < -0.39 is 11.7 Å². The second kappa shape index (κ2) is 9.40. The zero-order valence-electron chi connectivity index (χ0n) is 14.6. The molecule has 0 saturated heterocycles. The van der Waals surface area contributed by atoms with E-state index in [2.05, 4.69) is 12.2 Å². The maximum absolute atomic E-state index is 11.8. The molecule has 0 saturated carbocycles. The summed E-state index contributed by atoms with van der Waals surface area (Å²) < 4.78 is 10.8. The molecule has 0 heterocycles. The van der Waals surface area contributed by atoms with Crippen LogP contribution in [0.2, 0.25) is 0 Å². The highest BCUT2D eigenvalue weighted by molar-refractivity contribution is 5.68. The molecule has 0 bridgehead atoms. The van der Waals surface area contributed by atoms with Crippen molar-refractivity contribution in [2.75, 3.05) is 13.2 Å². The lowest BCUT2D eigenvalue weighted by molar-refractivity contribution is 0.0483. The lowest BCUT2D eigenvalue weighted by atomic mass is 10.1. The number of alkyl carbamates (subject to hydrolysis) is 1. The van der Waals surface area contributed by atoms with Crippen LogP contribution >= 0.6 is 0 Å². The summed E-state index contributed by atoms with van der Waals surface area (Å²) in [6, 6.07) is 7.33. The summed E-state index contributed by atoms with van der Waals surface area (Å²) in [4.78, 5) is 11.8. The molecule has 5 nitrogen and oxygen atoms in total. The number of unbranched alkanes of at least 4 members (excludes halogenated alkanes) is 1. The van der Waals surface area contributed by atoms with Crippen molar-refractivity contribution in [3.8, 4) is 5.75 Å². The van der Waals surface area contributed by atoms with E-state index in [1.54, 1.807) is 20.8 Å². The molecular formula is C18H29NO4. The van der Waals surface area contributed by atoms with Crippen LogP contribution in [0.4, 0.5) is 4.79 Å². The highest BCUT2D eigenvalue weighted by Gasteiger charge is 2.19. The van der Waals surface area contributed by atoms with Crippen molar-refractivity contribution in [3.05, 3.63) is 29.8 Å². The molecule has 1 aromatic carbocycles. The summed E-state index contributed by atoms with van der Waals surface area (Å²) in [7, 11) is 0. The molecule has 0 spiro atoms. The summed E-state index contributed by atoms with van der Waals surface area (Å²) in [5.41, 5.74) is 0.463. The van der Waals surface area contributed by atoms with Crippen molar-refractivity contribution in [3.63, 3.8) is 0 Å². The fraction of sp³-hybridized carbons (Fsp3) is 0.611. The van der Waals surface area contributed by atoms with E-state index in [0.717, 1.165) is 30.8 Å². The Morgan fingerprint density at radius 1 is 1.26 bits per heavy atom. The van der Waals surface area contributed by atoms with Gasteiger partial charge in [0.1, 0.15) is 11.4 Å². The number of rotatable bonds is 8. The SMILES string of the molecule is CCCCOc1ccc(CC(CO)NC(=O)OC(C)(C)C)cc1. The van der Waals surface area contributed by atoms with Crippen LogP contribution in [0.1, 0.15) is 46.1 Å². The summed E-state index contributed by atoms with van der Waals surface area (Å²) in [6.07, 6.45) is 2.15. The minimum absolute atomic E-state index is 0.145. The summed E-state index contributed by atoms with van der Waals surface area (Å²) >= 11 is 0. The van der Waals surface area contributed by atoms with Gasteiger partial charge in [-0.3, -0.25) is 0 Å². The van der Waals surface area contributed by atoms with E-state index in [1.165, 1.54) is 0 Å². The highest BCUT2D eigenvalue weighted by Crippen LogP contribution is 2.14. The van der Waals surface area contributed by atoms with Crippen molar-refractivity contribution in [1.82, 2.24) is 5.32 Å². The normalized spacial score (nSPS) is 12.6. The average Bonchev–Trinajstić information content (AvgIpc) is 2.46. The van der Waals surface area contributed by atoms with Crippen LogP contribution in [0.5, 0.6) is 5.75 Å². The molecular weight excluding hydrogens is 294 g/mol. The number of amides is 1. The smallest absolute Gasteiger partial charge is 0.407 e. The minimum Gasteiger partial charge on any atom is -0.494 e. The Hall–Kier alpha value is -1.75. The molecule has 5 heteroatoms. The first kappa shape index (κ1) is 19.3. The first-order chi connectivity index (χ1) is 10.8. The van der Waals surface area contributed by atoms with Gasteiger partial charge >= 0.3 is 6.09 Å². The molecule has 0 radical (unpaired) electrons. The molecule has 1 atom stereocenters. The Bertz CT molecular complexity index is 465. The minimum atomic E-state index is -0.554. The number of hydrogen-bond donors (Lipinski definition) is 2. The Balaban J connectivity index is 2.50. The standard InChI is InChI=1S/C18H29NO4/c1-5-6-11-22-16-9-7-14(8-10-16)12-15(13-20)19-17(21)23-18(2,3)4/h7-10,15,20H,5-6,11-13H2,1-4H3,(H,19,21). The molecule has 0 aromatic heterocycles. The highest BCUT2D eigenvalue weighted by atomic mass is 16.6. The molecule has 0 aliphatic carbocycles. The van der Waals surface area contributed by atoms with Crippen LogP contribution in [-0.2, 0) is 11.2 Å². The van der Waals surface area contributed by atoms with Crippen LogP contribution in [-0.4, -0.2) is 36.1 Å². The first-order valence-corrected chi connectivity index (χ1v) is 8.16. The van der Waals surface area contributed by atoms with Gasteiger partial charge in [-0.2, -0.15) is 0 Å². The van der Waals surface area contributed by atoms with E-state index in [4.69, 9.17) is 9.47 Å². The number of carbonyl (C=O) groups excluding carboxylic acids is 1. The zero-order chi connectivity index (χ0) is 17.3. The molecule has 1 aromatic rings. The molecule has 0 fully saturated rings. The summed E-state index contributed by atoms with van der Waals surface area (Å²) in [5.74, 6) is 0.836. The molecule has 2 N–H and O–H groups in total. The molecule has 0 aliphatic heterocycles. The second-order valence-electron chi connectivity index (χ2n) is 6.58. The lowest BCUT2D eigenvalue weighted by Gasteiger charge is -2.22. The van der Waals surface area contributed by atoms with Crippen LogP contribution in [0, 0.1) is 0 Å². The predicted octanol–water partition coefficient (Wildman–Crippen LogP) is 3.29. The number of ether oxygens (including phenoxy) is 2. The fourth-order valence-corrected chi connectivity index (χ4v) is 1.98. The van der Waals surface area contributed by atoms with Crippen LogP contribution in [0.15, 0.2) is 24.3 Å². The largest absolute Gasteiger partial charge is 0.494 e. The van der Waals surface area contributed by atoms with Gasteiger partial charge in [-0.25, -0.2) is 4.79 Å². The lowest BCUT2D eigenvalue weighted by Crippen LogP contribution is -2.42.